The van der Waals surface area contributed by atoms with Crippen molar-refractivity contribution in [1.29, 1.82) is 0 Å². The van der Waals surface area contributed by atoms with Crippen LogP contribution in [0.25, 0.3) is 0 Å². The number of hydrogen-bond acceptors (Lipinski definition) is 4. The van der Waals surface area contributed by atoms with E-state index in [2.05, 4.69) is 15.3 Å². The summed E-state index contributed by atoms with van der Waals surface area (Å²) < 4.78 is 0. The molecule has 2 aromatic rings. The minimum atomic E-state index is -1.01. The van der Waals surface area contributed by atoms with Gasteiger partial charge in [-0.15, -0.1) is 0 Å². The highest BCUT2D eigenvalue weighted by Crippen LogP contribution is 2.26. The Morgan fingerprint density at radius 3 is 2.70 bits per heavy atom. The number of anilines is 2. The summed E-state index contributed by atoms with van der Waals surface area (Å²) in [4.78, 5) is 19.4. The zero-order chi connectivity index (χ0) is 14.7. The molecule has 0 saturated carbocycles. The van der Waals surface area contributed by atoms with Gasteiger partial charge in [-0.1, -0.05) is 18.5 Å². The minimum Gasteiger partial charge on any atom is -0.478 e. The number of carboxylic acids is 1. The van der Waals surface area contributed by atoms with Crippen LogP contribution in [0.3, 0.4) is 0 Å². The van der Waals surface area contributed by atoms with E-state index < -0.39 is 5.97 Å². The molecule has 20 heavy (non-hydrogen) atoms. The molecule has 0 fully saturated rings. The molecular formula is C14H14ClN3O2. The maximum absolute atomic E-state index is 10.9. The van der Waals surface area contributed by atoms with Crippen LogP contribution >= 0.6 is 11.6 Å². The molecule has 0 saturated heterocycles. The molecular weight excluding hydrogens is 278 g/mol. The Morgan fingerprint density at radius 2 is 2.10 bits per heavy atom. The second-order valence-corrected chi connectivity index (χ2v) is 4.68. The molecule has 0 atom stereocenters. The largest absolute Gasteiger partial charge is 0.478 e. The Hall–Kier alpha value is -2.14. The number of rotatable bonds is 4. The third-order valence-corrected chi connectivity index (χ3v) is 3.04. The van der Waals surface area contributed by atoms with Gasteiger partial charge in [-0.3, -0.25) is 0 Å². The Balaban J connectivity index is 2.30. The number of nitrogens with zero attached hydrogens (tertiary/aromatic N) is 2. The van der Waals surface area contributed by atoms with Crippen molar-refractivity contribution in [2.24, 2.45) is 0 Å². The standard InChI is InChI=1S/C14H14ClN3O2/c1-3-10-7-13(17-8(2)16-10)18-12-5-4-9(14(19)20)6-11(12)15/h4-7H,3H2,1-2H3,(H,19,20)(H,16,17,18). The summed E-state index contributed by atoms with van der Waals surface area (Å²) >= 11 is 6.07. The summed E-state index contributed by atoms with van der Waals surface area (Å²) in [6, 6.07) is 6.36. The van der Waals surface area contributed by atoms with Gasteiger partial charge < -0.3 is 10.4 Å². The van der Waals surface area contributed by atoms with Crippen LogP contribution in [-0.2, 0) is 6.42 Å². The van der Waals surface area contributed by atoms with Gasteiger partial charge >= 0.3 is 5.97 Å². The molecule has 1 aromatic heterocycles. The maximum Gasteiger partial charge on any atom is 0.335 e. The monoisotopic (exact) mass is 291 g/mol. The number of carboxylic acid groups (broad SMARTS) is 1. The first-order valence-electron chi connectivity index (χ1n) is 6.14. The predicted molar refractivity (Wildman–Crippen MR) is 77.8 cm³/mol. The molecule has 6 heteroatoms. The number of halogens is 1. The summed E-state index contributed by atoms with van der Waals surface area (Å²) in [5.74, 6) is 0.300. The minimum absolute atomic E-state index is 0.147. The highest BCUT2D eigenvalue weighted by molar-refractivity contribution is 6.33. The zero-order valence-electron chi connectivity index (χ0n) is 11.1. The van der Waals surface area contributed by atoms with E-state index in [-0.39, 0.29) is 5.56 Å². The normalized spacial score (nSPS) is 10.3. The third-order valence-electron chi connectivity index (χ3n) is 2.73. The summed E-state index contributed by atoms with van der Waals surface area (Å²) in [6.07, 6.45) is 0.809. The smallest absolute Gasteiger partial charge is 0.335 e. The van der Waals surface area contributed by atoms with Crippen LogP contribution in [0.1, 0.15) is 28.8 Å². The van der Waals surface area contributed by atoms with Gasteiger partial charge in [0.25, 0.3) is 0 Å². The van der Waals surface area contributed by atoms with Crippen molar-refractivity contribution in [3.05, 3.63) is 46.4 Å². The Bertz CT molecular complexity index is 659. The highest BCUT2D eigenvalue weighted by atomic mass is 35.5. The molecule has 2 N–H and O–H groups in total. The second-order valence-electron chi connectivity index (χ2n) is 4.27. The lowest BCUT2D eigenvalue weighted by Gasteiger charge is -2.10. The van der Waals surface area contributed by atoms with Gasteiger partial charge in [0.15, 0.2) is 0 Å². The van der Waals surface area contributed by atoms with Crippen LogP contribution in [0.5, 0.6) is 0 Å². The average Bonchev–Trinajstić information content (AvgIpc) is 2.40. The van der Waals surface area contributed by atoms with Crippen molar-refractivity contribution in [2.45, 2.75) is 20.3 Å². The fourth-order valence-corrected chi connectivity index (χ4v) is 1.99. The highest BCUT2D eigenvalue weighted by Gasteiger charge is 2.08. The van der Waals surface area contributed by atoms with Gasteiger partial charge in [0.1, 0.15) is 11.6 Å². The van der Waals surface area contributed by atoms with E-state index in [1.807, 2.05) is 19.9 Å². The van der Waals surface area contributed by atoms with Crippen LogP contribution in [0.4, 0.5) is 11.5 Å². The molecule has 104 valence electrons. The number of benzene rings is 1. The van der Waals surface area contributed by atoms with E-state index in [1.165, 1.54) is 12.1 Å². The fraction of sp³-hybridized carbons (Fsp3) is 0.214. The summed E-state index contributed by atoms with van der Waals surface area (Å²) in [7, 11) is 0. The van der Waals surface area contributed by atoms with Crippen LogP contribution < -0.4 is 5.32 Å². The summed E-state index contributed by atoms with van der Waals surface area (Å²) in [6.45, 7) is 3.83. The zero-order valence-corrected chi connectivity index (χ0v) is 11.9. The topological polar surface area (TPSA) is 75.1 Å². The lowest BCUT2D eigenvalue weighted by Crippen LogP contribution is -2.02. The van der Waals surface area contributed by atoms with Crippen molar-refractivity contribution >= 4 is 29.1 Å². The van der Waals surface area contributed by atoms with E-state index in [9.17, 15) is 4.79 Å². The molecule has 0 aliphatic rings. The molecule has 0 bridgehead atoms. The number of hydrogen-bond donors (Lipinski definition) is 2. The summed E-state index contributed by atoms with van der Waals surface area (Å²) in [5.41, 5.74) is 1.68. The molecule has 0 aliphatic carbocycles. The Morgan fingerprint density at radius 1 is 1.35 bits per heavy atom. The van der Waals surface area contributed by atoms with Crippen molar-refractivity contribution in [3.63, 3.8) is 0 Å². The lowest BCUT2D eigenvalue weighted by molar-refractivity contribution is 0.0697. The van der Waals surface area contributed by atoms with E-state index in [0.29, 0.717) is 22.4 Å². The van der Waals surface area contributed by atoms with Gasteiger partial charge in [-0.05, 0) is 31.5 Å². The van der Waals surface area contributed by atoms with E-state index in [4.69, 9.17) is 16.7 Å². The Labute approximate surface area is 121 Å². The van der Waals surface area contributed by atoms with Gasteiger partial charge in [0.05, 0.1) is 16.3 Å². The molecule has 1 aromatic carbocycles. The quantitative estimate of drug-likeness (QED) is 0.902. The molecule has 2 rings (SSSR count). The molecule has 0 aliphatic heterocycles. The fourth-order valence-electron chi connectivity index (χ4n) is 1.76. The average molecular weight is 292 g/mol. The predicted octanol–water partition coefficient (Wildman–Crippen LogP) is 3.44. The molecule has 0 unspecified atom stereocenters. The number of aromatic nitrogens is 2. The van der Waals surface area contributed by atoms with E-state index in [1.54, 1.807) is 6.07 Å². The molecule has 0 spiro atoms. The van der Waals surface area contributed by atoms with Crippen LogP contribution in [0.2, 0.25) is 5.02 Å². The SMILES string of the molecule is CCc1cc(Nc2ccc(C(=O)O)cc2Cl)nc(C)n1. The van der Waals surface area contributed by atoms with Gasteiger partial charge in [-0.2, -0.15) is 0 Å². The Kier molecular flexibility index (Phi) is 4.20. The number of aromatic carboxylic acids is 1. The van der Waals surface area contributed by atoms with Gasteiger partial charge in [0, 0.05) is 11.8 Å². The third kappa shape index (κ3) is 3.24. The van der Waals surface area contributed by atoms with Gasteiger partial charge in [-0.25, -0.2) is 14.8 Å². The summed E-state index contributed by atoms with van der Waals surface area (Å²) in [5, 5.41) is 12.3. The van der Waals surface area contributed by atoms with Crippen molar-refractivity contribution in [2.75, 3.05) is 5.32 Å². The lowest BCUT2D eigenvalue weighted by atomic mass is 10.2. The van der Waals surface area contributed by atoms with Gasteiger partial charge in [0.2, 0.25) is 0 Å². The van der Waals surface area contributed by atoms with Crippen molar-refractivity contribution < 1.29 is 9.90 Å². The maximum atomic E-state index is 10.9. The number of nitrogens with one attached hydrogen (secondary N) is 1. The molecule has 0 radical (unpaired) electrons. The van der Waals surface area contributed by atoms with E-state index in [0.717, 1.165) is 12.1 Å². The van der Waals surface area contributed by atoms with Crippen LogP contribution in [0, 0.1) is 6.92 Å². The molecule has 0 amide bonds. The van der Waals surface area contributed by atoms with E-state index >= 15 is 0 Å². The van der Waals surface area contributed by atoms with Crippen LogP contribution in [-0.4, -0.2) is 21.0 Å². The first-order valence-corrected chi connectivity index (χ1v) is 6.52. The number of carbonyl (C=O) groups is 1. The second kappa shape index (κ2) is 5.88. The van der Waals surface area contributed by atoms with Crippen molar-refractivity contribution in [3.8, 4) is 0 Å². The first kappa shape index (κ1) is 14.3. The first-order chi connectivity index (χ1) is 9.49. The van der Waals surface area contributed by atoms with Crippen LogP contribution in [0.15, 0.2) is 24.3 Å². The molecule has 1 heterocycles. The van der Waals surface area contributed by atoms with Crippen molar-refractivity contribution in [1.82, 2.24) is 9.97 Å². The molecule has 5 nitrogen and oxygen atoms in total. The number of aryl methyl sites for hydroxylation is 2.